The highest BCUT2D eigenvalue weighted by molar-refractivity contribution is 9.10. The summed E-state index contributed by atoms with van der Waals surface area (Å²) in [5.74, 6) is 3.38. The number of amides is 1. The first kappa shape index (κ1) is 13.5. The lowest BCUT2D eigenvalue weighted by molar-refractivity contribution is -0.132. The average Bonchev–Trinajstić information content (AvgIpc) is 3.23. The molecule has 1 aromatic carbocycles. The number of hydrogen-bond donors (Lipinski definition) is 0. The third-order valence-electron chi connectivity index (χ3n) is 3.94. The number of hydrogen-bond acceptors (Lipinski definition) is 2. The lowest BCUT2D eigenvalue weighted by Crippen LogP contribution is -2.34. The Kier molecular flexibility index (Phi) is 4.18. The minimum absolute atomic E-state index is 0.240. The predicted octanol–water partition coefficient (Wildman–Crippen LogP) is 3.52. The van der Waals surface area contributed by atoms with Crippen LogP contribution < -0.4 is 0 Å². The van der Waals surface area contributed by atoms with E-state index in [1.807, 2.05) is 11.8 Å². The van der Waals surface area contributed by atoms with Crippen molar-refractivity contribution >= 4 is 33.6 Å². The number of rotatable bonds is 2. The van der Waals surface area contributed by atoms with Crippen LogP contribution in [-0.2, 0) is 4.79 Å². The van der Waals surface area contributed by atoms with Crippen molar-refractivity contribution in [1.29, 1.82) is 0 Å². The Morgan fingerprint density at radius 2 is 2.00 bits per heavy atom. The maximum atomic E-state index is 12.5. The monoisotopic (exact) mass is 339 g/mol. The molecular weight excluding hydrogens is 322 g/mol. The topological polar surface area (TPSA) is 20.3 Å². The molecule has 2 aliphatic rings. The zero-order chi connectivity index (χ0) is 13.2. The van der Waals surface area contributed by atoms with Crippen LogP contribution in [0.2, 0.25) is 0 Å². The fourth-order valence-electron chi connectivity index (χ4n) is 2.75. The van der Waals surface area contributed by atoms with Gasteiger partial charge in [-0.2, -0.15) is 11.8 Å². The molecule has 2 unspecified atom stereocenters. The lowest BCUT2D eigenvalue weighted by Gasteiger charge is -2.20. The molecule has 0 spiro atoms. The largest absolute Gasteiger partial charge is 0.342 e. The standard InChI is InChI=1S/C15H18BrNOS/c16-12-4-2-11(3-5-12)13-10-14(13)15(18)17-6-1-8-19-9-7-17/h2-5,13-14H,1,6-10H2. The van der Waals surface area contributed by atoms with Crippen molar-refractivity contribution in [3.63, 3.8) is 0 Å². The summed E-state index contributed by atoms with van der Waals surface area (Å²) in [7, 11) is 0. The average molecular weight is 340 g/mol. The molecule has 1 aliphatic carbocycles. The third-order valence-corrected chi connectivity index (χ3v) is 5.52. The van der Waals surface area contributed by atoms with E-state index >= 15 is 0 Å². The summed E-state index contributed by atoms with van der Waals surface area (Å²) in [4.78, 5) is 14.6. The highest BCUT2D eigenvalue weighted by Gasteiger charge is 2.45. The van der Waals surface area contributed by atoms with Gasteiger partial charge >= 0.3 is 0 Å². The summed E-state index contributed by atoms with van der Waals surface area (Å²) >= 11 is 5.42. The van der Waals surface area contributed by atoms with E-state index in [2.05, 4.69) is 45.1 Å². The van der Waals surface area contributed by atoms with E-state index in [1.165, 1.54) is 11.3 Å². The Hall–Kier alpha value is -0.480. The van der Waals surface area contributed by atoms with E-state index in [9.17, 15) is 4.79 Å². The van der Waals surface area contributed by atoms with Gasteiger partial charge in [0.2, 0.25) is 5.91 Å². The van der Waals surface area contributed by atoms with Gasteiger partial charge < -0.3 is 4.90 Å². The number of nitrogens with zero attached hydrogens (tertiary/aromatic N) is 1. The Morgan fingerprint density at radius 1 is 1.21 bits per heavy atom. The van der Waals surface area contributed by atoms with Crippen LogP contribution in [0.15, 0.2) is 28.7 Å². The molecule has 3 rings (SSSR count). The van der Waals surface area contributed by atoms with E-state index < -0.39 is 0 Å². The molecule has 1 aliphatic heterocycles. The summed E-state index contributed by atoms with van der Waals surface area (Å²) in [5, 5.41) is 0. The lowest BCUT2D eigenvalue weighted by atomic mass is 10.1. The number of benzene rings is 1. The molecule has 1 heterocycles. The first-order valence-corrected chi connectivity index (χ1v) is 8.82. The quantitative estimate of drug-likeness (QED) is 0.821. The molecule has 1 saturated heterocycles. The Balaban J connectivity index is 1.62. The van der Waals surface area contributed by atoms with E-state index in [-0.39, 0.29) is 5.92 Å². The van der Waals surface area contributed by atoms with Gasteiger partial charge in [0, 0.05) is 29.2 Å². The molecule has 0 N–H and O–H groups in total. The molecule has 102 valence electrons. The van der Waals surface area contributed by atoms with Gasteiger partial charge in [-0.1, -0.05) is 28.1 Å². The zero-order valence-electron chi connectivity index (χ0n) is 10.8. The molecule has 4 heteroatoms. The van der Waals surface area contributed by atoms with Crippen molar-refractivity contribution in [2.45, 2.75) is 18.8 Å². The van der Waals surface area contributed by atoms with Crippen molar-refractivity contribution in [3.8, 4) is 0 Å². The van der Waals surface area contributed by atoms with Crippen molar-refractivity contribution in [1.82, 2.24) is 4.90 Å². The number of thioether (sulfide) groups is 1. The highest BCUT2D eigenvalue weighted by atomic mass is 79.9. The van der Waals surface area contributed by atoms with Gasteiger partial charge in [-0.05, 0) is 42.2 Å². The van der Waals surface area contributed by atoms with Gasteiger partial charge in [0.25, 0.3) is 0 Å². The van der Waals surface area contributed by atoms with Crippen LogP contribution in [0.1, 0.15) is 24.3 Å². The summed E-state index contributed by atoms with van der Waals surface area (Å²) in [6, 6.07) is 8.41. The Bertz CT molecular complexity index is 454. The van der Waals surface area contributed by atoms with Crippen LogP contribution in [-0.4, -0.2) is 35.4 Å². The van der Waals surface area contributed by atoms with E-state index in [0.717, 1.165) is 36.2 Å². The molecule has 0 aromatic heterocycles. The molecule has 1 aromatic rings. The van der Waals surface area contributed by atoms with Gasteiger partial charge in [0.1, 0.15) is 0 Å². The molecule has 0 bridgehead atoms. The maximum absolute atomic E-state index is 12.5. The first-order valence-electron chi connectivity index (χ1n) is 6.88. The normalized spacial score (nSPS) is 26.9. The summed E-state index contributed by atoms with van der Waals surface area (Å²) in [6.07, 6.45) is 2.18. The van der Waals surface area contributed by atoms with Gasteiger partial charge in [-0.15, -0.1) is 0 Å². The van der Waals surface area contributed by atoms with Gasteiger partial charge in [0.05, 0.1) is 0 Å². The fraction of sp³-hybridized carbons (Fsp3) is 0.533. The van der Waals surface area contributed by atoms with Crippen LogP contribution in [0.3, 0.4) is 0 Å². The summed E-state index contributed by atoms with van der Waals surface area (Å²) < 4.78 is 1.10. The fourth-order valence-corrected chi connectivity index (χ4v) is 3.90. The molecule has 1 saturated carbocycles. The second-order valence-corrected chi connectivity index (χ2v) is 7.43. The number of carbonyl (C=O) groups is 1. The van der Waals surface area contributed by atoms with Crippen LogP contribution in [0.25, 0.3) is 0 Å². The second-order valence-electron chi connectivity index (χ2n) is 5.29. The Morgan fingerprint density at radius 3 is 2.79 bits per heavy atom. The van der Waals surface area contributed by atoms with Crippen LogP contribution >= 0.6 is 27.7 Å². The molecule has 2 nitrogen and oxygen atoms in total. The Labute approximate surface area is 127 Å². The molecule has 2 atom stereocenters. The maximum Gasteiger partial charge on any atom is 0.226 e. The zero-order valence-corrected chi connectivity index (χ0v) is 13.3. The van der Waals surface area contributed by atoms with Crippen molar-refractivity contribution in [2.24, 2.45) is 5.92 Å². The van der Waals surface area contributed by atoms with E-state index in [4.69, 9.17) is 0 Å². The van der Waals surface area contributed by atoms with Gasteiger partial charge in [0.15, 0.2) is 0 Å². The van der Waals surface area contributed by atoms with Crippen molar-refractivity contribution in [2.75, 3.05) is 24.6 Å². The number of carbonyl (C=O) groups excluding carboxylic acids is 1. The predicted molar refractivity (Wildman–Crippen MR) is 83.5 cm³/mol. The van der Waals surface area contributed by atoms with Crippen molar-refractivity contribution < 1.29 is 4.79 Å². The molecule has 19 heavy (non-hydrogen) atoms. The first-order chi connectivity index (χ1) is 9.25. The SMILES string of the molecule is O=C(C1CC1c1ccc(Br)cc1)N1CCCSCC1. The summed E-state index contributed by atoms with van der Waals surface area (Å²) in [5.41, 5.74) is 1.31. The second kappa shape index (κ2) is 5.88. The van der Waals surface area contributed by atoms with Crippen molar-refractivity contribution in [3.05, 3.63) is 34.3 Å². The van der Waals surface area contributed by atoms with E-state index in [0.29, 0.717) is 11.8 Å². The van der Waals surface area contributed by atoms with E-state index in [1.54, 1.807) is 0 Å². The third kappa shape index (κ3) is 3.16. The highest BCUT2D eigenvalue weighted by Crippen LogP contribution is 2.48. The molecule has 1 amide bonds. The smallest absolute Gasteiger partial charge is 0.226 e. The number of halogens is 1. The summed E-state index contributed by atoms with van der Waals surface area (Å²) in [6.45, 7) is 1.89. The molecule has 2 fully saturated rings. The van der Waals surface area contributed by atoms with Gasteiger partial charge in [-0.3, -0.25) is 4.79 Å². The van der Waals surface area contributed by atoms with Crippen LogP contribution in [0.5, 0.6) is 0 Å². The molecule has 0 radical (unpaired) electrons. The minimum atomic E-state index is 0.240. The van der Waals surface area contributed by atoms with Gasteiger partial charge in [-0.25, -0.2) is 0 Å². The molecular formula is C15H18BrNOS. The minimum Gasteiger partial charge on any atom is -0.342 e. The van der Waals surface area contributed by atoms with Crippen LogP contribution in [0.4, 0.5) is 0 Å². The van der Waals surface area contributed by atoms with Crippen LogP contribution in [0, 0.1) is 5.92 Å².